The van der Waals surface area contributed by atoms with Gasteiger partial charge in [-0.05, 0) is 30.7 Å². The number of hydrogen-bond acceptors (Lipinski definition) is 1. The second kappa shape index (κ2) is 6.03. The molecule has 0 unspecified atom stereocenters. The molecule has 20 heavy (non-hydrogen) atoms. The number of aromatic nitrogens is 1. The van der Waals surface area contributed by atoms with Crippen molar-refractivity contribution in [3.8, 4) is 0 Å². The van der Waals surface area contributed by atoms with Gasteiger partial charge in [0.15, 0.2) is 0 Å². The van der Waals surface area contributed by atoms with Crippen LogP contribution in [0.15, 0.2) is 42.6 Å². The van der Waals surface area contributed by atoms with Gasteiger partial charge < -0.3 is 9.88 Å². The lowest BCUT2D eigenvalue weighted by Gasteiger charge is -2.15. The molecule has 5 heteroatoms. The zero-order chi connectivity index (χ0) is 14.6. The number of para-hydroxylation sites is 1. The predicted molar refractivity (Wildman–Crippen MR) is 73.5 cm³/mol. The molecule has 1 N–H and O–H groups in total. The van der Waals surface area contributed by atoms with E-state index in [0.717, 1.165) is 24.7 Å². The molecule has 0 atom stereocenters. The van der Waals surface area contributed by atoms with Crippen LogP contribution in [-0.4, -0.2) is 4.57 Å². The molecule has 0 bridgehead atoms. The summed E-state index contributed by atoms with van der Waals surface area (Å²) in [5, 5.41) is 2.88. The Morgan fingerprint density at radius 3 is 2.55 bits per heavy atom. The molecule has 2 nitrogen and oxygen atoms in total. The van der Waals surface area contributed by atoms with Crippen LogP contribution in [0.5, 0.6) is 0 Å². The van der Waals surface area contributed by atoms with E-state index in [4.69, 9.17) is 0 Å². The molecule has 0 aliphatic carbocycles. The van der Waals surface area contributed by atoms with Crippen LogP contribution >= 0.6 is 0 Å². The highest BCUT2D eigenvalue weighted by Crippen LogP contribution is 2.34. The van der Waals surface area contributed by atoms with Crippen molar-refractivity contribution in [2.45, 2.75) is 32.6 Å². The Hall–Kier alpha value is -1.91. The molecule has 0 radical (unpaired) electrons. The first-order valence-electron chi connectivity index (χ1n) is 6.56. The van der Waals surface area contributed by atoms with Gasteiger partial charge in [0.05, 0.1) is 12.1 Å². The lowest BCUT2D eigenvalue weighted by atomic mass is 10.1. The fourth-order valence-corrected chi connectivity index (χ4v) is 2.14. The summed E-state index contributed by atoms with van der Waals surface area (Å²) < 4.78 is 40.7. The summed E-state index contributed by atoms with van der Waals surface area (Å²) in [6.07, 6.45) is -1.41. The number of anilines is 1. The SMILES string of the molecule is CCCn1cccc1CNc1ccccc1C(F)(F)F. The molecule has 0 spiro atoms. The molecule has 2 aromatic rings. The topological polar surface area (TPSA) is 17.0 Å². The highest BCUT2D eigenvalue weighted by atomic mass is 19.4. The predicted octanol–water partition coefficient (Wildman–Crippen LogP) is 4.53. The Kier molecular flexibility index (Phi) is 4.37. The third-order valence-electron chi connectivity index (χ3n) is 3.08. The van der Waals surface area contributed by atoms with Crippen molar-refractivity contribution < 1.29 is 13.2 Å². The van der Waals surface area contributed by atoms with Gasteiger partial charge in [-0.15, -0.1) is 0 Å². The smallest absolute Gasteiger partial charge is 0.379 e. The van der Waals surface area contributed by atoms with Crippen LogP contribution < -0.4 is 5.32 Å². The van der Waals surface area contributed by atoms with Crippen LogP contribution in [0.4, 0.5) is 18.9 Å². The monoisotopic (exact) mass is 282 g/mol. The quantitative estimate of drug-likeness (QED) is 0.852. The summed E-state index contributed by atoms with van der Waals surface area (Å²) in [7, 11) is 0. The summed E-state index contributed by atoms with van der Waals surface area (Å²) >= 11 is 0. The zero-order valence-corrected chi connectivity index (χ0v) is 11.2. The number of halogens is 3. The number of rotatable bonds is 5. The minimum atomic E-state index is -4.34. The van der Waals surface area contributed by atoms with E-state index < -0.39 is 11.7 Å². The summed E-state index contributed by atoms with van der Waals surface area (Å²) in [6.45, 7) is 3.31. The molecule has 0 saturated heterocycles. The van der Waals surface area contributed by atoms with E-state index in [0.29, 0.717) is 6.54 Å². The number of benzene rings is 1. The zero-order valence-electron chi connectivity index (χ0n) is 11.2. The van der Waals surface area contributed by atoms with Crippen LogP contribution in [0.25, 0.3) is 0 Å². The maximum atomic E-state index is 12.9. The van der Waals surface area contributed by atoms with Crippen LogP contribution in [0, 0.1) is 0 Å². The lowest BCUT2D eigenvalue weighted by Crippen LogP contribution is -2.12. The molecular weight excluding hydrogens is 265 g/mol. The summed E-state index contributed by atoms with van der Waals surface area (Å²) in [5.41, 5.74) is 0.460. The number of nitrogens with one attached hydrogen (secondary N) is 1. The van der Waals surface area contributed by atoms with E-state index in [1.54, 1.807) is 6.07 Å². The maximum absolute atomic E-state index is 12.9. The van der Waals surface area contributed by atoms with Gasteiger partial charge in [-0.1, -0.05) is 19.1 Å². The van der Waals surface area contributed by atoms with E-state index in [1.807, 2.05) is 22.9 Å². The van der Waals surface area contributed by atoms with E-state index >= 15 is 0 Å². The molecular formula is C15H17F3N2. The third kappa shape index (κ3) is 3.35. The lowest BCUT2D eigenvalue weighted by molar-refractivity contribution is -0.136. The van der Waals surface area contributed by atoms with Crippen LogP contribution in [-0.2, 0) is 19.3 Å². The van der Waals surface area contributed by atoms with Gasteiger partial charge in [-0.3, -0.25) is 0 Å². The second-order valence-corrected chi connectivity index (χ2v) is 4.59. The number of hydrogen-bond donors (Lipinski definition) is 1. The number of nitrogens with zero attached hydrogens (tertiary/aromatic N) is 1. The Morgan fingerprint density at radius 2 is 1.85 bits per heavy atom. The van der Waals surface area contributed by atoms with Gasteiger partial charge in [-0.25, -0.2) is 0 Å². The highest BCUT2D eigenvalue weighted by Gasteiger charge is 2.33. The van der Waals surface area contributed by atoms with Gasteiger partial charge in [0.25, 0.3) is 0 Å². The van der Waals surface area contributed by atoms with Gasteiger partial charge >= 0.3 is 6.18 Å². The molecule has 0 amide bonds. The third-order valence-corrected chi connectivity index (χ3v) is 3.08. The fraction of sp³-hybridized carbons (Fsp3) is 0.333. The minimum absolute atomic E-state index is 0.115. The Bertz CT molecular complexity index is 558. The van der Waals surface area contributed by atoms with Gasteiger partial charge in [-0.2, -0.15) is 13.2 Å². The van der Waals surface area contributed by atoms with Crippen LogP contribution in [0.3, 0.4) is 0 Å². The molecule has 108 valence electrons. The van der Waals surface area contributed by atoms with Crippen molar-refractivity contribution in [3.05, 3.63) is 53.9 Å². The first-order valence-corrected chi connectivity index (χ1v) is 6.56. The van der Waals surface area contributed by atoms with E-state index in [-0.39, 0.29) is 5.69 Å². The van der Waals surface area contributed by atoms with Crippen molar-refractivity contribution >= 4 is 5.69 Å². The standard InChI is InChI=1S/C15H17F3N2/c1-2-9-20-10-5-6-12(20)11-19-14-8-4-3-7-13(14)15(16,17)18/h3-8,10,19H,2,9,11H2,1H3. The largest absolute Gasteiger partial charge is 0.418 e. The van der Waals surface area contributed by atoms with Crippen molar-refractivity contribution in [2.24, 2.45) is 0 Å². The Morgan fingerprint density at radius 1 is 1.10 bits per heavy atom. The van der Waals surface area contributed by atoms with Crippen molar-refractivity contribution in [2.75, 3.05) is 5.32 Å². The summed E-state index contributed by atoms with van der Waals surface area (Å²) in [4.78, 5) is 0. The Balaban J connectivity index is 2.13. The molecule has 1 heterocycles. The molecule has 0 aliphatic heterocycles. The molecule has 1 aromatic carbocycles. The van der Waals surface area contributed by atoms with Crippen LogP contribution in [0.2, 0.25) is 0 Å². The average Bonchev–Trinajstić information content (AvgIpc) is 2.83. The molecule has 0 aliphatic rings. The second-order valence-electron chi connectivity index (χ2n) is 4.59. The molecule has 0 saturated carbocycles. The first-order chi connectivity index (χ1) is 9.52. The molecule has 1 aromatic heterocycles. The normalized spacial score (nSPS) is 11.6. The van der Waals surface area contributed by atoms with Gasteiger partial charge in [0, 0.05) is 24.1 Å². The minimum Gasteiger partial charge on any atom is -0.379 e. The van der Waals surface area contributed by atoms with E-state index in [9.17, 15) is 13.2 Å². The van der Waals surface area contributed by atoms with Crippen molar-refractivity contribution in [1.29, 1.82) is 0 Å². The maximum Gasteiger partial charge on any atom is 0.418 e. The average molecular weight is 282 g/mol. The summed E-state index contributed by atoms with van der Waals surface area (Å²) in [6, 6.07) is 9.36. The number of aryl methyl sites for hydroxylation is 1. The van der Waals surface area contributed by atoms with Crippen molar-refractivity contribution in [3.63, 3.8) is 0 Å². The van der Waals surface area contributed by atoms with Gasteiger partial charge in [0.2, 0.25) is 0 Å². The van der Waals surface area contributed by atoms with E-state index in [2.05, 4.69) is 12.2 Å². The fourth-order valence-electron chi connectivity index (χ4n) is 2.14. The van der Waals surface area contributed by atoms with Crippen LogP contribution in [0.1, 0.15) is 24.6 Å². The first kappa shape index (κ1) is 14.5. The van der Waals surface area contributed by atoms with Crippen molar-refractivity contribution in [1.82, 2.24) is 4.57 Å². The van der Waals surface area contributed by atoms with E-state index in [1.165, 1.54) is 12.1 Å². The molecule has 2 rings (SSSR count). The Labute approximate surface area is 116 Å². The van der Waals surface area contributed by atoms with Gasteiger partial charge in [0.1, 0.15) is 0 Å². The summed E-state index contributed by atoms with van der Waals surface area (Å²) in [5.74, 6) is 0. The number of alkyl halides is 3. The molecule has 0 fully saturated rings. The highest BCUT2D eigenvalue weighted by molar-refractivity contribution is 5.52.